The van der Waals surface area contributed by atoms with E-state index < -0.39 is 17.8 Å². The van der Waals surface area contributed by atoms with Crippen molar-refractivity contribution in [2.45, 2.75) is 0 Å². The van der Waals surface area contributed by atoms with E-state index in [1.165, 1.54) is 17.6 Å². The van der Waals surface area contributed by atoms with Crippen molar-refractivity contribution < 1.29 is 19.1 Å². The van der Waals surface area contributed by atoms with Crippen LogP contribution >= 0.6 is 22.9 Å². The second kappa shape index (κ2) is 10.6. The number of carbonyl (C=O) groups is 3. The number of hydrogen-bond acceptors (Lipinski definition) is 6. The Kier molecular flexibility index (Phi) is 6.93. The Balaban J connectivity index is 1.17. The van der Waals surface area contributed by atoms with E-state index in [4.69, 9.17) is 16.3 Å². The molecule has 0 aliphatic rings. The van der Waals surface area contributed by atoms with Crippen LogP contribution in [0.2, 0.25) is 5.02 Å². The second-order valence-electron chi connectivity index (χ2n) is 7.88. The Morgan fingerprint density at radius 1 is 0.811 bits per heavy atom. The van der Waals surface area contributed by atoms with Crippen LogP contribution in [0.3, 0.4) is 0 Å². The van der Waals surface area contributed by atoms with Crippen molar-refractivity contribution >= 4 is 73.5 Å². The highest BCUT2D eigenvalue weighted by Crippen LogP contribution is 2.35. The van der Waals surface area contributed by atoms with Crippen LogP contribution in [-0.4, -0.2) is 24.0 Å². The fourth-order valence-corrected chi connectivity index (χ4v) is 5.04. The molecular formula is C28H18ClN3O4S. The van der Waals surface area contributed by atoms with E-state index in [1.54, 1.807) is 36.4 Å². The van der Waals surface area contributed by atoms with Gasteiger partial charge in [0.1, 0.15) is 10.6 Å². The molecule has 2 amide bonds. The van der Waals surface area contributed by atoms with Gasteiger partial charge < -0.3 is 10.1 Å². The lowest BCUT2D eigenvalue weighted by Crippen LogP contribution is -2.32. The van der Waals surface area contributed by atoms with Gasteiger partial charge in [-0.15, -0.1) is 11.3 Å². The minimum Gasteiger partial charge on any atom is -0.422 e. The molecule has 9 heteroatoms. The molecule has 0 aliphatic heterocycles. The van der Waals surface area contributed by atoms with Crippen molar-refractivity contribution in [3.8, 4) is 5.75 Å². The van der Waals surface area contributed by atoms with Crippen molar-refractivity contribution in [3.05, 3.63) is 106 Å². The Hall–Kier alpha value is -4.53. The first-order chi connectivity index (χ1) is 18.0. The summed E-state index contributed by atoms with van der Waals surface area (Å²) < 4.78 is 6.35. The average Bonchev–Trinajstić information content (AvgIpc) is 3.26. The molecule has 7 nitrogen and oxygen atoms in total. The molecule has 0 unspecified atom stereocenters. The molecule has 0 aliphatic carbocycles. The van der Waals surface area contributed by atoms with Gasteiger partial charge >= 0.3 is 17.8 Å². The molecule has 4 aromatic carbocycles. The summed E-state index contributed by atoms with van der Waals surface area (Å²) in [5, 5.41) is 9.38. The SMILES string of the molecule is O=C(NN=Cc1ccc(OC(=O)c2sc3ccccc3c2Cl)cc1)C(=O)Nc1cccc2ccccc12. The summed E-state index contributed by atoms with van der Waals surface area (Å²) in [5.74, 6) is -1.96. The lowest BCUT2D eigenvalue weighted by molar-refractivity contribution is -0.136. The van der Waals surface area contributed by atoms with Gasteiger partial charge in [-0.1, -0.05) is 66.2 Å². The molecule has 37 heavy (non-hydrogen) atoms. The van der Waals surface area contributed by atoms with E-state index in [0.717, 1.165) is 20.9 Å². The van der Waals surface area contributed by atoms with Crippen molar-refractivity contribution in [3.63, 3.8) is 0 Å². The number of esters is 1. The number of ether oxygens (including phenoxy) is 1. The minimum absolute atomic E-state index is 0.328. The van der Waals surface area contributed by atoms with E-state index in [-0.39, 0.29) is 0 Å². The first-order valence-electron chi connectivity index (χ1n) is 11.1. The predicted molar refractivity (Wildman–Crippen MR) is 147 cm³/mol. The zero-order valence-electron chi connectivity index (χ0n) is 19.1. The van der Waals surface area contributed by atoms with E-state index in [0.29, 0.717) is 26.9 Å². The summed E-state index contributed by atoms with van der Waals surface area (Å²) in [7, 11) is 0. The van der Waals surface area contributed by atoms with Crippen molar-refractivity contribution in [2.75, 3.05) is 5.32 Å². The number of anilines is 1. The van der Waals surface area contributed by atoms with E-state index >= 15 is 0 Å². The van der Waals surface area contributed by atoms with Gasteiger partial charge in [-0.05, 0) is 47.3 Å². The third-order valence-corrected chi connectivity index (χ3v) is 7.09. The third kappa shape index (κ3) is 5.35. The van der Waals surface area contributed by atoms with Crippen LogP contribution in [0.4, 0.5) is 5.69 Å². The molecule has 5 aromatic rings. The molecule has 1 aromatic heterocycles. The Labute approximate surface area is 220 Å². The van der Waals surface area contributed by atoms with Gasteiger partial charge in [-0.25, -0.2) is 10.2 Å². The van der Waals surface area contributed by atoms with Crippen LogP contribution in [-0.2, 0) is 9.59 Å². The third-order valence-electron chi connectivity index (χ3n) is 5.43. The molecule has 1 heterocycles. The number of thiophene rings is 1. The van der Waals surface area contributed by atoms with Crippen LogP contribution in [0.1, 0.15) is 15.2 Å². The number of benzene rings is 4. The van der Waals surface area contributed by atoms with Crippen LogP contribution < -0.4 is 15.5 Å². The van der Waals surface area contributed by atoms with Gasteiger partial charge in [0.05, 0.1) is 11.2 Å². The number of halogens is 1. The van der Waals surface area contributed by atoms with Crippen LogP contribution in [0.5, 0.6) is 5.75 Å². The number of hydrazone groups is 1. The molecule has 0 radical (unpaired) electrons. The zero-order valence-corrected chi connectivity index (χ0v) is 20.7. The van der Waals surface area contributed by atoms with E-state index in [1.807, 2.05) is 54.6 Å². The van der Waals surface area contributed by atoms with Gasteiger partial charge in [0.2, 0.25) is 0 Å². The standard InChI is InChI=1S/C28H18ClN3O4S/c29-24-21-9-3-4-11-23(21)37-25(24)28(35)36-19-14-12-17(13-15-19)16-30-32-27(34)26(33)31-22-10-5-7-18-6-1-2-8-20(18)22/h1-16H,(H,31,33)(H,32,34). The van der Waals surface area contributed by atoms with Gasteiger partial charge in [-0.2, -0.15) is 5.10 Å². The molecule has 0 fully saturated rings. The molecule has 2 N–H and O–H groups in total. The summed E-state index contributed by atoms with van der Waals surface area (Å²) in [6.45, 7) is 0. The highest BCUT2D eigenvalue weighted by atomic mass is 35.5. The summed E-state index contributed by atoms with van der Waals surface area (Å²) >= 11 is 7.62. The average molecular weight is 528 g/mol. The maximum atomic E-state index is 12.6. The number of fused-ring (bicyclic) bond motifs is 2. The number of rotatable bonds is 5. The lowest BCUT2D eigenvalue weighted by Gasteiger charge is -2.07. The van der Waals surface area contributed by atoms with Crippen molar-refractivity contribution in [1.82, 2.24) is 5.43 Å². The molecular weight excluding hydrogens is 510 g/mol. The predicted octanol–water partition coefficient (Wildman–Crippen LogP) is 6.02. The maximum Gasteiger partial charge on any atom is 0.355 e. The topological polar surface area (TPSA) is 96.9 Å². The first kappa shape index (κ1) is 24.2. The highest BCUT2D eigenvalue weighted by molar-refractivity contribution is 7.21. The molecule has 0 saturated heterocycles. The number of nitrogens with one attached hydrogen (secondary N) is 2. The summed E-state index contributed by atoms with van der Waals surface area (Å²) in [5.41, 5.74) is 3.36. The zero-order chi connectivity index (χ0) is 25.8. The first-order valence-corrected chi connectivity index (χ1v) is 12.3. The fourth-order valence-electron chi connectivity index (χ4n) is 3.65. The molecule has 182 valence electrons. The number of carbonyl (C=O) groups excluding carboxylic acids is 3. The normalized spacial score (nSPS) is 11.1. The summed E-state index contributed by atoms with van der Waals surface area (Å²) in [6.07, 6.45) is 1.37. The smallest absolute Gasteiger partial charge is 0.355 e. The minimum atomic E-state index is -0.907. The maximum absolute atomic E-state index is 12.6. The quantitative estimate of drug-likeness (QED) is 0.0960. The second-order valence-corrected chi connectivity index (χ2v) is 9.31. The van der Waals surface area contributed by atoms with Crippen molar-refractivity contribution in [2.24, 2.45) is 5.10 Å². The largest absolute Gasteiger partial charge is 0.422 e. The lowest BCUT2D eigenvalue weighted by atomic mass is 10.1. The van der Waals surface area contributed by atoms with Crippen LogP contribution in [0.15, 0.2) is 96.1 Å². The molecule has 5 rings (SSSR count). The van der Waals surface area contributed by atoms with E-state index in [2.05, 4.69) is 15.8 Å². The van der Waals surface area contributed by atoms with E-state index in [9.17, 15) is 14.4 Å². The Morgan fingerprint density at radius 3 is 2.30 bits per heavy atom. The number of nitrogens with zero attached hydrogens (tertiary/aromatic N) is 1. The number of hydrogen-bond donors (Lipinski definition) is 2. The Bertz CT molecular complexity index is 1670. The molecule has 0 saturated carbocycles. The highest BCUT2D eigenvalue weighted by Gasteiger charge is 2.19. The Morgan fingerprint density at radius 2 is 1.51 bits per heavy atom. The molecule has 0 atom stereocenters. The monoisotopic (exact) mass is 527 g/mol. The molecule has 0 spiro atoms. The van der Waals surface area contributed by atoms with Crippen LogP contribution in [0.25, 0.3) is 20.9 Å². The van der Waals surface area contributed by atoms with Crippen molar-refractivity contribution in [1.29, 1.82) is 0 Å². The van der Waals surface area contributed by atoms with Gasteiger partial charge in [0, 0.05) is 21.2 Å². The van der Waals surface area contributed by atoms with Gasteiger partial charge in [-0.3, -0.25) is 9.59 Å². The molecule has 0 bridgehead atoms. The fraction of sp³-hybridized carbons (Fsp3) is 0. The summed E-state index contributed by atoms with van der Waals surface area (Å²) in [4.78, 5) is 37.4. The summed E-state index contributed by atoms with van der Waals surface area (Å²) in [6, 6.07) is 26.9. The van der Waals surface area contributed by atoms with Gasteiger partial charge in [0.15, 0.2) is 0 Å². The number of amides is 2. The van der Waals surface area contributed by atoms with Gasteiger partial charge in [0.25, 0.3) is 0 Å². The van der Waals surface area contributed by atoms with Crippen LogP contribution in [0, 0.1) is 0 Å².